The van der Waals surface area contributed by atoms with E-state index in [0.29, 0.717) is 23.3 Å². The summed E-state index contributed by atoms with van der Waals surface area (Å²) in [5, 5.41) is 10.5. The maximum absolute atomic E-state index is 12.9. The topological polar surface area (TPSA) is 148 Å². The number of benzene rings is 1. The second kappa shape index (κ2) is 12.1. The lowest BCUT2D eigenvalue weighted by molar-refractivity contribution is 0.378. The van der Waals surface area contributed by atoms with Crippen molar-refractivity contribution in [3.63, 3.8) is 0 Å². The van der Waals surface area contributed by atoms with Gasteiger partial charge in [0.1, 0.15) is 11.4 Å². The Hall–Kier alpha value is -3.64. The number of anilines is 3. The van der Waals surface area contributed by atoms with Crippen LogP contribution in [0.2, 0.25) is 0 Å². The number of pyridine rings is 1. The molecular formula is C29H36N8O3S. The Morgan fingerprint density at radius 3 is 2.56 bits per heavy atom. The molecule has 2 aliphatic rings. The maximum atomic E-state index is 12.9. The van der Waals surface area contributed by atoms with E-state index >= 15 is 0 Å². The van der Waals surface area contributed by atoms with Crippen LogP contribution in [-0.2, 0) is 11.2 Å². The molecule has 1 atom stereocenters. The summed E-state index contributed by atoms with van der Waals surface area (Å²) in [5.74, 6) is 1.61. The molecular weight excluding hydrogens is 540 g/mol. The lowest BCUT2D eigenvalue weighted by Gasteiger charge is -2.33. The molecule has 2 fully saturated rings. The molecule has 1 aliphatic heterocycles. The molecule has 41 heavy (non-hydrogen) atoms. The lowest BCUT2D eigenvalue weighted by atomic mass is 9.92. The van der Waals surface area contributed by atoms with Gasteiger partial charge in [0.15, 0.2) is 0 Å². The fourth-order valence-electron chi connectivity index (χ4n) is 6.17. The number of hydrogen-bond donors (Lipinski definition) is 3. The Kier molecular flexibility index (Phi) is 8.11. The average Bonchev–Trinajstić information content (AvgIpc) is 3.66. The largest absolute Gasteiger partial charge is 0.609 e. The fourth-order valence-corrected chi connectivity index (χ4v) is 7.15. The van der Waals surface area contributed by atoms with Gasteiger partial charge in [-0.2, -0.15) is 4.98 Å². The van der Waals surface area contributed by atoms with Gasteiger partial charge < -0.3 is 14.8 Å². The van der Waals surface area contributed by atoms with E-state index in [-0.39, 0.29) is 16.8 Å². The van der Waals surface area contributed by atoms with Crippen LogP contribution in [0.15, 0.2) is 51.3 Å². The third-order valence-corrected chi connectivity index (χ3v) is 9.71. The first-order valence-electron chi connectivity index (χ1n) is 14.5. The van der Waals surface area contributed by atoms with E-state index < -0.39 is 16.9 Å². The number of rotatable bonds is 9. The molecule has 1 saturated heterocycles. The number of H-pyrrole nitrogens is 2. The summed E-state index contributed by atoms with van der Waals surface area (Å²) in [5.41, 5.74) is 3.29. The molecule has 0 spiro atoms. The van der Waals surface area contributed by atoms with Crippen LogP contribution < -0.4 is 21.5 Å². The van der Waals surface area contributed by atoms with Crippen molar-refractivity contribution in [2.75, 3.05) is 29.1 Å². The van der Waals surface area contributed by atoms with Gasteiger partial charge in [-0.3, -0.25) is 9.36 Å². The van der Waals surface area contributed by atoms with Crippen molar-refractivity contribution in [1.82, 2.24) is 29.7 Å². The maximum Gasteiger partial charge on any atom is 0.344 e. The van der Waals surface area contributed by atoms with Gasteiger partial charge in [0.05, 0.1) is 0 Å². The van der Waals surface area contributed by atoms with E-state index in [1.54, 1.807) is 6.07 Å². The smallest absolute Gasteiger partial charge is 0.344 e. The molecule has 0 bridgehead atoms. The normalized spacial score (nSPS) is 17.4. The highest BCUT2D eigenvalue weighted by atomic mass is 32.2. The highest BCUT2D eigenvalue weighted by Gasteiger charge is 2.23. The minimum atomic E-state index is -1.27. The first-order valence-corrected chi connectivity index (χ1v) is 15.8. The summed E-state index contributed by atoms with van der Waals surface area (Å²) in [6.07, 6.45) is 10.2. The van der Waals surface area contributed by atoms with E-state index in [4.69, 9.17) is 4.98 Å². The van der Waals surface area contributed by atoms with Crippen LogP contribution in [0, 0.1) is 12.8 Å². The summed E-state index contributed by atoms with van der Waals surface area (Å²) >= 11 is -1.27. The predicted octanol–water partition coefficient (Wildman–Crippen LogP) is 4.17. The van der Waals surface area contributed by atoms with Crippen LogP contribution in [0.3, 0.4) is 0 Å². The minimum absolute atomic E-state index is 0.0150. The molecule has 0 radical (unpaired) electrons. The molecule has 11 nitrogen and oxygen atoms in total. The summed E-state index contributed by atoms with van der Waals surface area (Å²) in [6.45, 7) is 3.91. The van der Waals surface area contributed by atoms with Crippen LogP contribution in [0.5, 0.6) is 0 Å². The summed E-state index contributed by atoms with van der Waals surface area (Å²) in [4.78, 5) is 38.3. The lowest BCUT2D eigenvalue weighted by Crippen LogP contribution is -2.33. The number of piperidine rings is 1. The zero-order valence-corrected chi connectivity index (χ0v) is 24.1. The van der Waals surface area contributed by atoms with Crippen molar-refractivity contribution in [2.45, 2.75) is 69.5 Å². The molecule has 1 saturated carbocycles. The molecule has 1 aromatic carbocycles. The van der Waals surface area contributed by atoms with Crippen molar-refractivity contribution >= 4 is 39.5 Å². The quantitative estimate of drug-likeness (QED) is 0.252. The van der Waals surface area contributed by atoms with Gasteiger partial charge in [0.2, 0.25) is 5.95 Å². The monoisotopic (exact) mass is 576 g/mol. The van der Waals surface area contributed by atoms with Crippen LogP contribution in [0.4, 0.5) is 17.3 Å². The third kappa shape index (κ3) is 6.18. The summed E-state index contributed by atoms with van der Waals surface area (Å²) in [6, 6.07) is 10.2. The summed E-state index contributed by atoms with van der Waals surface area (Å²) in [7, 11) is 0. The number of aromatic amines is 2. The van der Waals surface area contributed by atoms with Gasteiger partial charge in [-0.15, -0.1) is 5.10 Å². The standard InChI is InChI=1S/C29H36N8O3S/c1-19-17-25(38)37(23-6-2-3-7-23)26-24(19)18-30-27(32-26)31-21-8-10-22(11-9-21)36-14-12-20(13-15-36)5-4-16-41(40)29-33-28(39)34-35-29/h8-11,17-18,20,23H,2-7,12-16H2,1H3,(H,30,31,32)(H2,33,34,35,39). The SMILES string of the molecule is Cc1cc(=O)n(C2CCCC2)c2nc(Nc3ccc(N4CCC(CCC[S+]([O-])c5n[nH]c(=O)[nH]5)CC4)cc3)ncc12. The number of aryl methyl sites for hydroxylation is 1. The number of hydrogen-bond acceptors (Lipinski definition) is 8. The third-order valence-electron chi connectivity index (χ3n) is 8.43. The molecule has 3 N–H and O–H groups in total. The van der Waals surface area contributed by atoms with E-state index in [9.17, 15) is 14.1 Å². The molecule has 4 aromatic rings. The van der Waals surface area contributed by atoms with Crippen molar-refractivity contribution in [1.29, 1.82) is 0 Å². The highest BCUT2D eigenvalue weighted by molar-refractivity contribution is 7.91. The molecule has 1 aliphatic carbocycles. The Balaban J connectivity index is 1.04. The van der Waals surface area contributed by atoms with Gasteiger partial charge >= 0.3 is 10.8 Å². The van der Waals surface area contributed by atoms with Gasteiger partial charge in [-0.05, 0) is 81.2 Å². The van der Waals surface area contributed by atoms with Gasteiger partial charge in [-0.1, -0.05) is 12.8 Å². The zero-order valence-electron chi connectivity index (χ0n) is 23.3. The minimum Gasteiger partial charge on any atom is -0.609 e. The van der Waals surface area contributed by atoms with Crippen molar-refractivity contribution < 1.29 is 4.55 Å². The van der Waals surface area contributed by atoms with Crippen molar-refractivity contribution in [3.05, 3.63) is 62.9 Å². The Morgan fingerprint density at radius 1 is 1.10 bits per heavy atom. The van der Waals surface area contributed by atoms with E-state index in [0.717, 1.165) is 81.1 Å². The first-order chi connectivity index (χ1) is 19.9. The number of nitrogens with zero attached hydrogens (tertiary/aromatic N) is 5. The second-order valence-electron chi connectivity index (χ2n) is 11.2. The molecule has 1 unspecified atom stereocenters. The van der Waals surface area contributed by atoms with Crippen molar-refractivity contribution in [2.24, 2.45) is 5.92 Å². The summed E-state index contributed by atoms with van der Waals surface area (Å²) < 4.78 is 14.1. The predicted molar refractivity (Wildman–Crippen MR) is 160 cm³/mol. The first kappa shape index (κ1) is 27.5. The highest BCUT2D eigenvalue weighted by Crippen LogP contribution is 2.32. The van der Waals surface area contributed by atoms with Crippen molar-refractivity contribution in [3.8, 4) is 0 Å². The number of nitrogens with one attached hydrogen (secondary N) is 3. The zero-order chi connectivity index (χ0) is 28.3. The van der Waals surface area contributed by atoms with E-state index in [1.807, 2.05) is 29.8 Å². The van der Waals surface area contributed by atoms with Gasteiger partial charge in [-0.25, -0.2) is 19.9 Å². The van der Waals surface area contributed by atoms with Crippen LogP contribution >= 0.6 is 0 Å². The molecule has 216 valence electrons. The van der Waals surface area contributed by atoms with E-state index in [2.05, 4.69) is 42.5 Å². The van der Waals surface area contributed by atoms with Crippen LogP contribution in [0.1, 0.15) is 63.0 Å². The van der Waals surface area contributed by atoms with Gasteiger partial charge in [0, 0.05) is 59.3 Å². The Bertz CT molecular complexity index is 1600. The van der Waals surface area contributed by atoms with Gasteiger partial charge in [0.25, 0.3) is 5.56 Å². The fraction of sp³-hybridized carbons (Fsp3) is 0.483. The Labute approximate surface area is 241 Å². The van der Waals surface area contributed by atoms with Crippen LogP contribution in [0.25, 0.3) is 11.0 Å². The van der Waals surface area contributed by atoms with Crippen LogP contribution in [-0.4, -0.2) is 53.1 Å². The molecule has 3 aromatic heterocycles. The second-order valence-corrected chi connectivity index (χ2v) is 12.7. The molecule has 6 rings (SSSR count). The Morgan fingerprint density at radius 2 is 1.85 bits per heavy atom. The number of aromatic nitrogens is 6. The average molecular weight is 577 g/mol. The van der Waals surface area contributed by atoms with E-state index in [1.165, 1.54) is 5.69 Å². The molecule has 4 heterocycles. The molecule has 0 amide bonds. The number of fused-ring (bicyclic) bond motifs is 1. The molecule has 12 heteroatoms.